The molecular weight excluding hydrogens is 418 g/mol. The zero-order valence-electron chi connectivity index (χ0n) is 17.0. The second-order valence-corrected chi connectivity index (χ2v) is 7.83. The van der Waals surface area contributed by atoms with Crippen LogP contribution in [-0.4, -0.2) is 56.1 Å². The van der Waals surface area contributed by atoms with Gasteiger partial charge in [-0.25, -0.2) is 0 Å². The molecule has 0 saturated carbocycles. The molecule has 2 amide bonds. The molecule has 1 fully saturated rings. The Morgan fingerprint density at radius 2 is 1.94 bits per heavy atom. The maximum Gasteiger partial charge on any atom is 0.291 e. The number of nitrogens with zero attached hydrogens (tertiary/aromatic N) is 1. The number of halogens is 1. The fourth-order valence-corrected chi connectivity index (χ4v) is 3.57. The van der Waals surface area contributed by atoms with E-state index >= 15 is 0 Å². The average Bonchev–Trinajstić information content (AvgIpc) is 2.79. The third kappa shape index (κ3) is 5.64. The van der Waals surface area contributed by atoms with E-state index in [2.05, 4.69) is 15.5 Å². The highest BCUT2D eigenvalue weighted by Gasteiger charge is 2.23. The minimum absolute atomic E-state index is 0.176. The van der Waals surface area contributed by atoms with Gasteiger partial charge in [0.05, 0.1) is 18.9 Å². The lowest BCUT2D eigenvalue weighted by Gasteiger charge is -2.26. The number of ether oxygens (including phenoxy) is 2. The van der Waals surface area contributed by atoms with E-state index in [0.717, 1.165) is 44.8 Å². The van der Waals surface area contributed by atoms with Gasteiger partial charge in [-0.1, -0.05) is 23.7 Å². The van der Waals surface area contributed by atoms with Crippen molar-refractivity contribution >= 4 is 35.2 Å². The van der Waals surface area contributed by atoms with Crippen LogP contribution in [0, 0.1) is 0 Å². The van der Waals surface area contributed by atoms with Crippen LogP contribution >= 0.6 is 11.6 Å². The van der Waals surface area contributed by atoms with Crippen LogP contribution in [0.2, 0.25) is 5.02 Å². The van der Waals surface area contributed by atoms with Crippen LogP contribution in [0.3, 0.4) is 0 Å². The molecule has 0 bridgehead atoms. The number of morpholine rings is 1. The molecule has 31 heavy (non-hydrogen) atoms. The van der Waals surface area contributed by atoms with Crippen molar-refractivity contribution in [3.05, 3.63) is 64.4 Å². The number of hydrogen-bond donors (Lipinski definition) is 2. The van der Waals surface area contributed by atoms with Gasteiger partial charge in [-0.3, -0.25) is 14.5 Å². The second kappa shape index (κ2) is 9.96. The van der Waals surface area contributed by atoms with Gasteiger partial charge in [0, 0.05) is 30.2 Å². The highest BCUT2D eigenvalue weighted by Crippen LogP contribution is 2.32. The molecule has 2 N–H and O–H groups in total. The first-order valence-corrected chi connectivity index (χ1v) is 10.6. The highest BCUT2D eigenvalue weighted by molar-refractivity contribution is 6.30. The van der Waals surface area contributed by atoms with Crippen molar-refractivity contribution < 1.29 is 19.1 Å². The number of anilines is 1. The third-order valence-corrected chi connectivity index (χ3v) is 5.39. The number of rotatable bonds is 6. The molecule has 2 aromatic rings. The van der Waals surface area contributed by atoms with Crippen molar-refractivity contribution in [2.45, 2.75) is 6.42 Å². The van der Waals surface area contributed by atoms with Crippen LogP contribution in [0.4, 0.5) is 5.69 Å². The molecule has 0 radical (unpaired) electrons. The predicted octanol–water partition coefficient (Wildman–Crippen LogP) is 3.16. The van der Waals surface area contributed by atoms with Crippen LogP contribution < -0.4 is 15.4 Å². The predicted molar refractivity (Wildman–Crippen MR) is 119 cm³/mol. The maximum atomic E-state index is 12.5. The molecule has 0 spiro atoms. The van der Waals surface area contributed by atoms with Gasteiger partial charge in [-0.15, -0.1) is 0 Å². The molecule has 2 aromatic carbocycles. The summed E-state index contributed by atoms with van der Waals surface area (Å²) in [7, 11) is 0. The van der Waals surface area contributed by atoms with Gasteiger partial charge in [0.2, 0.25) is 0 Å². The van der Waals surface area contributed by atoms with Gasteiger partial charge < -0.3 is 20.1 Å². The van der Waals surface area contributed by atoms with Gasteiger partial charge in [-0.05, 0) is 54.9 Å². The van der Waals surface area contributed by atoms with Gasteiger partial charge in [0.15, 0.2) is 11.5 Å². The molecule has 8 heteroatoms. The van der Waals surface area contributed by atoms with E-state index in [0.29, 0.717) is 28.6 Å². The summed E-state index contributed by atoms with van der Waals surface area (Å²) in [6.07, 6.45) is 2.51. The number of hydrogen-bond acceptors (Lipinski definition) is 5. The summed E-state index contributed by atoms with van der Waals surface area (Å²) in [5.41, 5.74) is 1.74. The standard InChI is InChI=1S/C23H24ClN3O4/c24-18-5-2-16(3-6-18)14-21-23(29)26-19-15-17(4-7-20(19)31-21)22(28)25-8-1-9-27-10-12-30-13-11-27/h2-7,14-15H,1,8-13H2,(H,25,28)(H,26,29)/b21-14-. The van der Waals surface area contributed by atoms with E-state index < -0.39 is 0 Å². The minimum atomic E-state index is -0.370. The Balaban J connectivity index is 1.34. The largest absolute Gasteiger partial charge is 0.449 e. The lowest BCUT2D eigenvalue weighted by Crippen LogP contribution is -2.38. The van der Waals surface area contributed by atoms with Gasteiger partial charge in [0.25, 0.3) is 11.8 Å². The fraction of sp³-hybridized carbons (Fsp3) is 0.304. The van der Waals surface area contributed by atoms with Gasteiger partial charge in [-0.2, -0.15) is 0 Å². The Kier molecular flexibility index (Phi) is 6.86. The van der Waals surface area contributed by atoms with Crippen molar-refractivity contribution in [3.8, 4) is 5.75 Å². The first-order chi connectivity index (χ1) is 15.1. The molecule has 1 saturated heterocycles. The molecule has 0 aromatic heterocycles. The van der Waals surface area contributed by atoms with E-state index in [-0.39, 0.29) is 17.6 Å². The Bertz CT molecular complexity index is 985. The number of benzene rings is 2. The van der Waals surface area contributed by atoms with Crippen molar-refractivity contribution in [1.29, 1.82) is 0 Å². The number of carbonyl (C=O) groups excluding carboxylic acids is 2. The normalized spacial score (nSPS) is 17.6. The summed E-state index contributed by atoms with van der Waals surface area (Å²) in [6, 6.07) is 12.1. The topological polar surface area (TPSA) is 79.9 Å². The molecule has 7 nitrogen and oxygen atoms in total. The first-order valence-electron chi connectivity index (χ1n) is 10.3. The zero-order valence-corrected chi connectivity index (χ0v) is 17.8. The van der Waals surface area contributed by atoms with Crippen molar-refractivity contribution in [2.24, 2.45) is 0 Å². The van der Waals surface area contributed by atoms with Crippen LogP contribution in [-0.2, 0) is 9.53 Å². The Labute approximate surface area is 186 Å². The number of nitrogens with one attached hydrogen (secondary N) is 2. The van der Waals surface area contributed by atoms with Crippen LogP contribution in [0.5, 0.6) is 5.75 Å². The molecule has 162 valence electrons. The van der Waals surface area contributed by atoms with Crippen LogP contribution in [0.1, 0.15) is 22.3 Å². The zero-order chi connectivity index (χ0) is 21.6. The number of carbonyl (C=O) groups is 2. The molecule has 0 aliphatic carbocycles. The molecule has 2 aliphatic rings. The molecule has 2 heterocycles. The van der Waals surface area contributed by atoms with E-state index in [4.69, 9.17) is 21.1 Å². The van der Waals surface area contributed by atoms with E-state index in [1.165, 1.54) is 0 Å². The number of fused-ring (bicyclic) bond motifs is 1. The van der Waals surface area contributed by atoms with Crippen molar-refractivity contribution in [1.82, 2.24) is 10.2 Å². The maximum absolute atomic E-state index is 12.5. The van der Waals surface area contributed by atoms with Crippen molar-refractivity contribution in [3.63, 3.8) is 0 Å². The van der Waals surface area contributed by atoms with Crippen LogP contribution in [0.15, 0.2) is 48.2 Å². The molecule has 4 rings (SSSR count). The fourth-order valence-electron chi connectivity index (χ4n) is 3.44. The highest BCUT2D eigenvalue weighted by atomic mass is 35.5. The smallest absolute Gasteiger partial charge is 0.291 e. The quantitative estimate of drug-likeness (QED) is 0.531. The summed E-state index contributed by atoms with van der Waals surface area (Å²) in [4.78, 5) is 27.2. The van der Waals surface area contributed by atoms with E-state index in [1.54, 1.807) is 48.5 Å². The van der Waals surface area contributed by atoms with E-state index in [1.807, 2.05) is 0 Å². The lowest BCUT2D eigenvalue weighted by atomic mass is 10.1. The summed E-state index contributed by atoms with van der Waals surface area (Å²) in [5.74, 6) is 0.117. The van der Waals surface area contributed by atoms with E-state index in [9.17, 15) is 9.59 Å². The monoisotopic (exact) mass is 441 g/mol. The Morgan fingerprint density at radius 3 is 2.71 bits per heavy atom. The molecular formula is C23H24ClN3O4. The molecule has 0 atom stereocenters. The van der Waals surface area contributed by atoms with Crippen LogP contribution in [0.25, 0.3) is 6.08 Å². The van der Waals surface area contributed by atoms with Gasteiger partial charge in [0.1, 0.15) is 0 Å². The SMILES string of the molecule is O=C1Nc2cc(C(=O)NCCCN3CCOCC3)ccc2O/C1=C\c1ccc(Cl)cc1. The molecule has 0 unspecified atom stereocenters. The van der Waals surface area contributed by atoms with Crippen molar-refractivity contribution in [2.75, 3.05) is 44.7 Å². The average molecular weight is 442 g/mol. The third-order valence-electron chi connectivity index (χ3n) is 5.14. The van der Waals surface area contributed by atoms with Gasteiger partial charge >= 0.3 is 0 Å². The lowest BCUT2D eigenvalue weighted by molar-refractivity contribution is -0.115. The summed E-state index contributed by atoms with van der Waals surface area (Å²) >= 11 is 5.90. The summed E-state index contributed by atoms with van der Waals surface area (Å²) < 4.78 is 11.1. The number of amides is 2. The second-order valence-electron chi connectivity index (χ2n) is 7.39. The molecule has 2 aliphatic heterocycles. The Hall–Kier alpha value is -2.87. The summed E-state index contributed by atoms with van der Waals surface area (Å²) in [6.45, 7) is 4.93. The summed E-state index contributed by atoms with van der Waals surface area (Å²) in [5, 5.41) is 6.34. The first kappa shape index (κ1) is 21.4. The Morgan fingerprint density at radius 1 is 1.16 bits per heavy atom. The minimum Gasteiger partial charge on any atom is -0.449 e.